The van der Waals surface area contributed by atoms with Crippen LogP contribution in [-0.4, -0.2) is 34.2 Å². The lowest BCUT2D eigenvalue weighted by Gasteiger charge is -2.12. The van der Waals surface area contributed by atoms with Crippen molar-refractivity contribution in [2.45, 2.75) is 39.2 Å². The Bertz CT molecular complexity index is 923. The van der Waals surface area contributed by atoms with Crippen LogP contribution in [0.2, 0.25) is 0 Å². The van der Waals surface area contributed by atoms with Crippen molar-refractivity contribution >= 4 is 11.6 Å². The Morgan fingerprint density at radius 2 is 2.00 bits per heavy atom. The maximum atomic E-state index is 12.5. The molecule has 28 heavy (non-hydrogen) atoms. The number of ether oxygens (including phenoxy) is 2. The Kier molecular flexibility index (Phi) is 6.84. The zero-order valence-electron chi connectivity index (χ0n) is 16.4. The molecule has 148 valence electrons. The SMILES string of the molecule is CCCCCCOc1ccc(C(=O)NCc2nnc3ccccn23)cc1OC. The maximum absolute atomic E-state index is 12.5. The maximum Gasteiger partial charge on any atom is 0.251 e. The molecule has 0 fully saturated rings. The molecule has 3 aromatic rings. The highest BCUT2D eigenvalue weighted by Gasteiger charge is 2.12. The van der Waals surface area contributed by atoms with Crippen LogP contribution in [0.25, 0.3) is 5.65 Å². The Labute approximate surface area is 164 Å². The zero-order chi connectivity index (χ0) is 19.8. The molecule has 0 saturated carbocycles. The minimum Gasteiger partial charge on any atom is -0.493 e. The Morgan fingerprint density at radius 1 is 1.11 bits per heavy atom. The van der Waals surface area contributed by atoms with Crippen LogP contribution in [0.5, 0.6) is 11.5 Å². The van der Waals surface area contributed by atoms with Gasteiger partial charge >= 0.3 is 0 Å². The van der Waals surface area contributed by atoms with E-state index >= 15 is 0 Å². The van der Waals surface area contributed by atoms with Crippen LogP contribution in [0, 0.1) is 0 Å². The molecule has 7 heteroatoms. The minimum atomic E-state index is -0.208. The fourth-order valence-electron chi connectivity index (χ4n) is 2.91. The average molecular weight is 382 g/mol. The fourth-order valence-corrected chi connectivity index (χ4v) is 2.91. The van der Waals surface area contributed by atoms with E-state index in [2.05, 4.69) is 22.4 Å². The molecule has 0 atom stereocenters. The summed E-state index contributed by atoms with van der Waals surface area (Å²) in [5.74, 6) is 1.67. The third-order valence-electron chi connectivity index (χ3n) is 4.47. The molecule has 1 aromatic carbocycles. The summed E-state index contributed by atoms with van der Waals surface area (Å²) in [6.45, 7) is 3.10. The van der Waals surface area contributed by atoms with Gasteiger partial charge in [-0.3, -0.25) is 9.20 Å². The smallest absolute Gasteiger partial charge is 0.251 e. The first-order valence-corrected chi connectivity index (χ1v) is 9.60. The average Bonchev–Trinajstić information content (AvgIpc) is 3.15. The van der Waals surface area contributed by atoms with Gasteiger partial charge in [-0.05, 0) is 36.8 Å². The van der Waals surface area contributed by atoms with Crippen LogP contribution < -0.4 is 14.8 Å². The monoisotopic (exact) mass is 382 g/mol. The first-order valence-electron chi connectivity index (χ1n) is 9.60. The number of pyridine rings is 1. The lowest BCUT2D eigenvalue weighted by atomic mass is 10.2. The van der Waals surface area contributed by atoms with Gasteiger partial charge < -0.3 is 14.8 Å². The van der Waals surface area contributed by atoms with Gasteiger partial charge in [0, 0.05) is 11.8 Å². The second kappa shape index (κ2) is 9.73. The number of fused-ring (bicyclic) bond motifs is 1. The number of amides is 1. The molecule has 0 aliphatic heterocycles. The molecule has 0 aliphatic rings. The molecular formula is C21H26N4O3. The van der Waals surface area contributed by atoms with E-state index in [1.54, 1.807) is 25.3 Å². The Morgan fingerprint density at radius 3 is 2.82 bits per heavy atom. The number of nitrogens with one attached hydrogen (secondary N) is 1. The highest BCUT2D eigenvalue weighted by atomic mass is 16.5. The van der Waals surface area contributed by atoms with Crippen molar-refractivity contribution in [1.29, 1.82) is 0 Å². The highest BCUT2D eigenvalue weighted by Crippen LogP contribution is 2.28. The Hall–Kier alpha value is -3.09. The van der Waals surface area contributed by atoms with Crippen LogP contribution in [-0.2, 0) is 6.54 Å². The van der Waals surface area contributed by atoms with Gasteiger partial charge in [0.05, 0.1) is 20.3 Å². The van der Waals surface area contributed by atoms with Crippen molar-refractivity contribution in [3.8, 4) is 11.5 Å². The summed E-state index contributed by atoms with van der Waals surface area (Å²) in [6, 6.07) is 10.9. The van der Waals surface area contributed by atoms with E-state index in [-0.39, 0.29) is 12.5 Å². The van der Waals surface area contributed by atoms with Crippen molar-refractivity contribution in [3.05, 3.63) is 54.0 Å². The largest absolute Gasteiger partial charge is 0.493 e. The molecule has 2 aromatic heterocycles. The van der Waals surface area contributed by atoms with E-state index in [1.807, 2.05) is 28.8 Å². The van der Waals surface area contributed by atoms with E-state index in [0.717, 1.165) is 18.5 Å². The Balaban J connectivity index is 1.60. The molecule has 1 N–H and O–H groups in total. The molecule has 0 saturated heterocycles. The standard InChI is InChI=1S/C21H26N4O3/c1-3-4-5-8-13-28-17-11-10-16(14-18(17)27-2)21(26)22-15-20-24-23-19-9-6-7-12-25(19)20/h6-7,9-12,14H,3-5,8,13,15H2,1-2H3,(H,22,26). The summed E-state index contributed by atoms with van der Waals surface area (Å²) >= 11 is 0. The molecule has 0 bridgehead atoms. The number of unbranched alkanes of at least 4 members (excludes halogenated alkanes) is 3. The number of carbonyl (C=O) groups is 1. The van der Waals surface area contributed by atoms with Gasteiger partial charge in [0.2, 0.25) is 0 Å². The van der Waals surface area contributed by atoms with Gasteiger partial charge in [-0.15, -0.1) is 10.2 Å². The van der Waals surface area contributed by atoms with Gasteiger partial charge in [-0.2, -0.15) is 0 Å². The van der Waals surface area contributed by atoms with Crippen LogP contribution in [0.4, 0.5) is 0 Å². The normalized spacial score (nSPS) is 10.8. The van der Waals surface area contributed by atoms with E-state index in [0.29, 0.717) is 29.5 Å². The first-order chi connectivity index (χ1) is 13.7. The van der Waals surface area contributed by atoms with Gasteiger partial charge in [0.25, 0.3) is 5.91 Å². The first kappa shape index (κ1) is 19.7. The predicted molar refractivity (Wildman–Crippen MR) is 107 cm³/mol. The number of rotatable bonds is 10. The molecule has 0 aliphatic carbocycles. The fraction of sp³-hybridized carbons (Fsp3) is 0.381. The number of aromatic nitrogens is 3. The van der Waals surface area contributed by atoms with E-state index in [4.69, 9.17) is 9.47 Å². The second-order valence-corrected chi connectivity index (χ2v) is 6.50. The van der Waals surface area contributed by atoms with Gasteiger partial charge in [-0.25, -0.2) is 0 Å². The summed E-state index contributed by atoms with van der Waals surface area (Å²) in [7, 11) is 1.57. The molecule has 3 rings (SSSR count). The number of nitrogens with zero attached hydrogens (tertiary/aromatic N) is 3. The predicted octanol–water partition coefficient (Wildman–Crippen LogP) is 3.63. The topological polar surface area (TPSA) is 77.8 Å². The van der Waals surface area contributed by atoms with Crippen molar-refractivity contribution in [2.24, 2.45) is 0 Å². The number of benzene rings is 1. The lowest BCUT2D eigenvalue weighted by molar-refractivity contribution is 0.0949. The van der Waals surface area contributed by atoms with Gasteiger partial charge in [0.15, 0.2) is 23.0 Å². The van der Waals surface area contributed by atoms with Crippen molar-refractivity contribution in [2.75, 3.05) is 13.7 Å². The molecule has 0 radical (unpaired) electrons. The van der Waals surface area contributed by atoms with Crippen molar-refractivity contribution in [1.82, 2.24) is 19.9 Å². The van der Waals surface area contributed by atoms with Crippen LogP contribution in [0.3, 0.4) is 0 Å². The minimum absolute atomic E-state index is 0.208. The summed E-state index contributed by atoms with van der Waals surface area (Å²) < 4.78 is 13.0. The summed E-state index contributed by atoms with van der Waals surface area (Å²) in [5.41, 5.74) is 1.25. The number of hydrogen-bond acceptors (Lipinski definition) is 5. The number of hydrogen-bond donors (Lipinski definition) is 1. The molecule has 0 unspecified atom stereocenters. The second-order valence-electron chi connectivity index (χ2n) is 6.50. The molecular weight excluding hydrogens is 356 g/mol. The van der Waals surface area contributed by atoms with Gasteiger partial charge in [0.1, 0.15) is 0 Å². The van der Waals surface area contributed by atoms with Crippen LogP contribution in [0.15, 0.2) is 42.6 Å². The summed E-state index contributed by atoms with van der Waals surface area (Å²) in [5, 5.41) is 11.1. The number of carbonyl (C=O) groups excluding carboxylic acids is 1. The molecule has 2 heterocycles. The molecule has 1 amide bonds. The van der Waals surface area contributed by atoms with Crippen molar-refractivity contribution < 1.29 is 14.3 Å². The quantitative estimate of drug-likeness (QED) is 0.542. The third-order valence-corrected chi connectivity index (χ3v) is 4.47. The van der Waals surface area contributed by atoms with Crippen LogP contribution in [0.1, 0.15) is 48.8 Å². The van der Waals surface area contributed by atoms with Gasteiger partial charge in [-0.1, -0.05) is 32.3 Å². The van der Waals surface area contributed by atoms with Crippen molar-refractivity contribution in [3.63, 3.8) is 0 Å². The third kappa shape index (κ3) is 4.79. The van der Waals surface area contributed by atoms with E-state index < -0.39 is 0 Å². The van der Waals surface area contributed by atoms with E-state index in [1.165, 1.54) is 12.8 Å². The number of methoxy groups -OCH3 is 1. The zero-order valence-corrected chi connectivity index (χ0v) is 16.4. The van der Waals surface area contributed by atoms with E-state index in [9.17, 15) is 4.79 Å². The summed E-state index contributed by atoms with van der Waals surface area (Å²) in [6.07, 6.45) is 6.42. The molecule has 0 spiro atoms. The highest BCUT2D eigenvalue weighted by molar-refractivity contribution is 5.94. The lowest BCUT2D eigenvalue weighted by Crippen LogP contribution is -2.24. The van der Waals surface area contributed by atoms with Crippen LogP contribution >= 0.6 is 0 Å². The summed E-state index contributed by atoms with van der Waals surface area (Å²) in [4.78, 5) is 12.5. The molecule has 7 nitrogen and oxygen atoms in total.